The molecule has 0 saturated heterocycles. The maximum absolute atomic E-state index is 13.5. The van der Waals surface area contributed by atoms with Crippen LogP contribution in [-0.2, 0) is 16.0 Å². The monoisotopic (exact) mass is 520 g/mol. The lowest BCUT2D eigenvalue weighted by atomic mass is 10.1. The number of hydrogen-bond donors (Lipinski definition) is 0. The number of amides is 1. The second-order valence-electron chi connectivity index (χ2n) is 8.27. The smallest absolute Gasteiger partial charge is 0.341 e. The quantitative estimate of drug-likeness (QED) is 0.257. The van der Waals surface area contributed by atoms with Crippen molar-refractivity contribution >= 4 is 28.6 Å². The Labute approximate surface area is 217 Å². The molecule has 198 valence electrons. The Kier molecular flexibility index (Phi) is 7.87. The highest BCUT2D eigenvalue weighted by Gasteiger charge is 2.21. The number of hydrogen-bond acceptors (Lipinski definition) is 8. The van der Waals surface area contributed by atoms with Gasteiger partial charge in [0, 0.05) is 25.4 Å². The third kappa shape index (κ3) is 4.88. The van der Waals surface area contributed by atoms with Gasteiger partial charge in [-0.05, 0) is 49.7 Å². The summed E-state index contributed by atoms with van der Waals surface area (Å²) in [6.45, 7) is 3.95. The van der Waals surface area contributed by atoms with E-state index in [1.54, 1.807) is 31.3 Å². The van der Waals surface area contributed by atoms with Crippen molar-refractivity contribution in [1.29, 1.82) is 0 Å². The summed E-state index contributed by atoms with van der Waals surface area (Å²) in [5.41, 5.74) is 1.26. The Morgan fingerprint density at radius 2 is 1.79 bits per heavy atom. The van der Waals surface area contributed by atoms with E-state index in [1.807, 2.05) is 13.0 Å². The summed E-state index contributed by atoms with van der Waals surface area (Å²) in [5.74, 6) is -0.575. The molecule has 0 saturated carbocycles. The first-order valence-corrected chi connectivity index (χ1v) is 11.9. The van der Waals surface area contributed by atoms with Gasteiger partial charge in [-0.25, -0.2) is 9.78 Å². The first-order valence-electron chi connectivity index (χ1n) is 11.9. The van der Waals surface area contributed by atoms with E-state index in [4.69, 9.17) is 23.9 Å². The molecule has 0 spiro atoms. The Balaban J connectivity index is 2.09. The first-order chi connectivity index (χ1) is 18.3. The summed E-state index contributed by atoms with van der Waals surface area (Å²) in [5, 5.41) is 0.171. The molecule has 0 fully saturated rings. The van der Waals surface area contributed by atoms with Gasteiger partial charge in [-0.2, -0.15) is 4.99 Å². The van der Waals surface area contributed by atoms with Crippen molar-refractivity contribution in [3.05, 3.63) is 75.1 Å². The normalized spacial score (nSPS) is 11.7. The van der Waals surface area contributed by atoms with Gasteiger partial charge in [0.2, 0.25) is 0 Å². The van der Waals surface area contributed by atoms with E-state index in [-0.39, 0.29) is 53.0 Å². The average Bonchev–Trinajstić information content (AvgIpc) is 2.92. The molecule has 0 unspecified atom stereocenters. The fraction of sp³-hybridized carbons (Fsp3) is 0.296. The number of aryl methyl sites for hydroxylation is 1. The fourth-order valence-corrected chi connectivity index (χ4v) is 4.09. The fourth-order valence-electron chi connectivity index (χ4n) is 4.09. The van der Waals surface area contributed by atoms with Crippen LogP contribution in [0.5, 0.6) is 11.5 Å². The zero-order chi connectivity index (χ0) is 27.4. The van der Waals surface area contributed by atoms with Crippen molar-refractivity contribution in [2.24, 2.45) is 4.99 Å². The van der Waals surface area contributed by atoms with Crippen LogP contribution in [0.25, 0.3) is 16.7 Å². The van der Waals surface area contributed by atoms with E-state index < -0.39 is 11.9 Å². The van der Waals surface area contributed by atoms with Crippen molar-refractivity contribution < 1.29 is 28.5 Å². The van der Waals surface area contributed by atoms with Crippen LogP contribution >= 0.6 is 0 Å². The van der Waals surface area contributed by atoms with Gasteiger partial charge in [0.05, 0.1) is 32.8 Å². The average molecular weight is 521 g/mol. The number of benzene rings is 1. The molecule has 0 radical (unpaired) electrons. The number of carbonyl (C=O) groups is 2. The maximum atomic E-state index is 13.5. The van der Waals surface area contributed by atoms with Crippen molar-refractivity contribution in [2.75, 3.05) is 34.5 Å². The molecule has 0 atom stereocenters. The molecule has 11 nitrogen and oxygen atoms in total. The molecular weight excluding hydrogens is 492 g/mol. The Hall–Kier alpha value is -4.51. The molecule has 3 heterocycles. The van der Waals surface area contributed by atoms with Gasteiger partial charge in [-0.1, -0.05) is 6.07 Å². The van der Waals surface area contributed by atoms with E-state index in [2.05, 4.69) is 4.99 Å². The standard InChI is InChI=1S/C27H28N4O7/c1-6-38-27(34)19-15-18-23(28-22-16(2)8-7-11-31(22)26(18)33)30(12-13-35-3)24(19)29-25(32)17-9-10-20(36-4)21(14-17)37-5/h7-11,14-15H,6,12-13H2,1-5H3. The van der Waals surface area contributed by atoms with Crippen LogP contribution in [0.3, 0.4) is 0 Å². The predicted molar refractivity (Wildman–Crippen MR) is 139 cm³/mol. The van der Waals surface area contributed by atoms with E-state index in [1.165, 1.54) is 42.4 Å². The van der Waals surface area contributed by atoms with Gasteiger partial charge in [-0.15, -0.1) is 0 Å². The second kappa shape index (κ2) is 11.3. The van der Waals surface area contributed by atoms with Gasteiger partial charge in [0.1, 0.15) is 16.9 Å². The molecule has 1 aromatic carbocycles. The maximum Gasteiger partial charge on any atom is 0.341 e. The Bertz CT molecular complexity index is 1670. The zero-order valence-electron chi connectivity index (χ0n) is 21.8. The number of fused-ring (bicyclic) bond motifs is 2. The number of esters is 1. The van der Waals surface area contributed by atoms with Crippen LogP contribution < -0.4 is 20.5 Å². The van der Waals surface area contributed by atoms with Crippen LogP contribution in [0.4, 0.5) is 0 Å². The summed E-state index contributed by atoms with van der Waals surface area (Å²) in [6, 6.07) is 9.59. The number of pyridine rings is 2. The Morgan fingerprint density at radius 1 is 1.03 bits per heavy atom. The molecule has 4 aromatic rings. The van der Waals surface area contributed by atoms with E-state index in [0.717, 1.165) is 5.56 Å². The van der Waals surface area contributed by atoms with Crippen molar-refractivity contribution in [3.63, 3.8) is 0 Å². The topological polar surface area (TPSA) is 123 Å². The minimum Gasteiger partial charge on any atom is -0.493 e. The Morgan fingerprint density at radius 3 is 2.47 bits per heavy atom. The number of aromatic nitrogens is 3. The van der Waals surface area contributed by atoms with Gasteiger partial charge in [0.15, 0.2) is 17.0 Å². The third-order valence-corrected chi connectivity index (χ3v) is 5.96. The lowest BCUT2D eigenvalue weighted by molar-refractivity contribution is 0.0523. The minimum atomic E-state index is -0.729. The molecule has 0 N–H and O–H groups in total. The molecule has 0 bridgehead atoms. The molecule has 38 heavy (non-hydrogen) atoms. The predicted octanol–water partition coefficient (Wildman–Crippen LogP) is 2.54. The van der Waals surface area contributed by atoms with E-state index in [0.29, 0.717) is 17.1 Å². The number of methoxy groups -OCH3 is 3. The summed E-state index contributed by atoms with van der Waals surface area (Å²) in [7, 11) is 4.47. The zero-order valence-corrected chi connectivity index (χ0v) is 21.8. The molecule has 3 aromatic heterocycles. The second-order valence-corrected chi connectivity index (χ2v) is 8.27. The van der Waals surface area contributed by atoms with Gasteiger partial charge in [-0.3, -0.25) is 14.0 Å². The number of rotatable bonds is 8. The van der Waals surface area contributed by atoms with Gasteiger partial charge >= 0.3 is 5.97 Å². The van der Waals surface area contributed by atoms with E-state index in [9.17, 15) is 14.4 Å². The molecule has 0 aliphatic heterocycles. The number of carbonyl (C=O) groups excluding carboxylic acids is 2. The van der Waals surface area contributed by atoms with Crippen LogP contribution in [0.1, 0.15) is 33.2 Å². The molecule has 1 amide bonds. The van der Waals surface area contributed by atoms with Crippen LogP contribution in [0.15, 0.2) is 52.4 Å². The summed E-state index contributed by atoms with van der Waals surface area (Å²) >= 11 is 0. The van der Waals surface area contributed by atoms with Gasteiger partial charge in [0.25, 0.3) is 11.5 Å². The molecule has 0 aliphatic carbocycles. The highest BCUT2D eigenvalue weighted by molar-refractivity contribution is 5.97. The number of ether oxygens (including phenoxy) is 4. The number of nitrogens with zero attached hydrogens (tertiary/aromatic N) is 4. The lowest BCUT2D eigenvalue weighted by Crippen LogP contribution is -2.33. The summed E-state index contributed by atoms with van der Waals surface area (Å²) in [4.78, 5) is 49.0. The summed E-state index contributed by atoms with van der Waals surface area (Å²) < 4.78 is 24.0. The highest BCUT2D eigenvalue weighted by Crippen LogP contribution is 2.27. The SMILES string of the molecule is CCOC(=O)c1cc2c(=O)n3cccc(C)c3nc2n(CCOC)c1=NC(=O)c1ccc(OC)c(OC)c1. The van der Waals surface area contributed by atoms with Crippen LogP contribution in [0, 0.1) is 6.92 Å². The lowest BCUT2D eigenvalue weighted by Gasteiger charge is -2.15. The largest absolute Gasteiger partial charge is 0.493 e. The summed E-state index contributed by atoms with van der Waals surface area (Å²) in [6.07, 6.45) is 1.61. The van der Waals surface area contributed by atoms with E-state index >= 15 is 0 Å². The van der Waals surface area contributed by atoms with Crippen LogP contribution in [0.2, 0.25) is 0 Å². The minimum absolute atomic E-state index is 0.00220. The third-order valence-electron chi connectivity index (χ3n) is 5.96. The first kappa shape index (κ1) is 26.6. The molecule has 11 heteroatoms. The van der Waals surface area contributed by atoms with Gasteiger partial charge < -0.3 is 23.5 Å². The van der Waals surface area contributed by atoms with Crippen molar-refractivity contribution in [1.82, 2.24) is 14.0 Å². The highest BCUT2D eigenvalue weighted by atomic mass is 16.5. The molecule has 0 aliphatic rings. The van der Waals surface area contributed by atoms with Crippen molar-refractivity contribution in [3.8, 4) is 11.5 Å². The van der Waals surface area contributed by atoms with Crippen LogP contribution in [-0.4, -0.2) is 60.4 Å². The van der Waals surface area contributed by atoms with Crippen molar-refractivity contribution in [2.45, 2.75) is 20.4 Å². The molecular formula is C27H28N4O7. The molecule has 4 rings (SSSR count).